The summed E-state index contributed by atoms with van der Waals surface area (Å²) in [6, 6.07) is 6.93. The van der Waals surface area contributed by atoms with Gasteiger partial charge in [-0.25, -0.2) is 0 Å². The van der Waals surface area contributed by atoms with Crippen LogP contribution in [0.1, 0.15) is 77.2 Å². The zero-order chi connectivity index (χ0) is 22.0. The molecule has 0 amide bonds. The molecule has 0 aromatic heterocycles. The Labute approximate surface area is 187 Å². The van der Waals surface area contributed by atoms with Crippen LogP contribution in [0.2, 0.25) is 0 Å². The van der Waals surface area contributed by atoms with E-state index in [9.17, 15) is 13.2 Å². The number of benzene rings is 1. The lowest BCUT2D eigenvalue weighted by molar-refractivity contribution is -0.141. The molecule has 170 valence electrons. The zero-order valence-corrected chi connectivity index (χ0v) is 19.9. The summed E-state index contributed by atoms with van der Waals surface area (Å²) >= 11 is 0. The molecule has 0 bridgehead atoms. The van der Waals surface area contributed by atoms with E-state index < -0.39 is 10.1 Å². The normalized spacial score (nSPS) is 42.5. The maximum Gasteiger partial charge on any atom is 0.297 e. The lowest BCUT2D eigenvalue weighted by Gasteiger charge is -2.60. The van der Waals surface area contributed by atoms with Crippen LogP contribution < -0.4 is 0 Å². The van der Waals surface area contributed by atoms with Crippen molar-refractivity contribution in [3.63, 3.8) is 0 Å². The van der Waals surface area contributed by atoms with Gasteiger partial charge >= 0.3 is 0 Å². The molecule has 1 aromatic rings. The first-order valence-corrected chi connectivity index (χ1v) is 13.6. The Morgan fingerprint density at radius 1 is 0.935 bits per heavy atom. The summed E-state index contributed by atoms with van der Waals surface area (Å²) in [5.41, 5.74) is 1.22. The fourth-order valence-corrected chi connectivity index (χ4v) is 9.13. The Bertz CT molecular complexity index is 968. The van der Waals surface area contributed by atoms with Gasteiger partial charge in [-0.1, -0.05) is 31.5 Å². The second-order valence-corrected chi connectivity index (χ2v) is 12.9. The quantitative estimate of drug-likeness (QED) is 0.563. The van der Waals surface area contributed by atoms with Crippen LogP contribution in [0.3, 0.4) is 0 Å². The largest absolute Gasteiger partial charge is 0.299 e. The molecule has 4 fully saturated rings. The summed E-state index contributed by atoms with van der Waals surface area (Å²) in [7, 11) is -3.72. The average Bonchev–Trinajstić information content (AvgIpc) is 3.03. The maximum absolute atomic E-state index is 12.8. The highest BCUT2D eigenvalue weighted by molar-refractivity contribution is 7.86. The number of rotatable bonds is 3. The molecule has 0 saturated heterocycles. The van der Waals surface area contributed by atoms with Crippen molar-refractivity contribution in [2.75, 3.05) is 0 Å². The third-order valence-corrected chi connectivity index (χ3v) is 11.3. The van der Waals surface area contributed by atoms with Crippen LogP contribution in [0.15, 0.2) is 29.2 Å². The molecular weight excluding hydrogens is 408 g/mol. The summed E-state index contributed by atoms with van der Waals surface area (Å²) in [4.78, 5) is 12.9. The number of aryl methyl sites for hydroxylation is 1. The van der Waals surface area contributed by atoms with Gasteiger partial charge in [-0.15, -0.1) is 0 Å². The Morgan fingerprint density at radius 3 is 2.42 bits per heavy atom. The highest BCUT2D eigenvalue weighted by atomic mass is 32.2. The Hall–Kier alpha value is -1.20. The summed E-state index contributed by atoms with van der Waals surface area (Å²) in [5, 5.41) is 0. The average molecular weight is 445 g/mol. The summed E-state index contributed by atoms with van der Waals surface area (Å²) in [5.74, 6) is 2.92. The molecule has 4 aliphatic rings. The number of hydrogen-bond acceptors (Lipinski definition) is 4. The molecule has 1 aromatic carbocycles. The second-order valence-electron chi connectivity index (χ2n) is 11.3. The van der Waals surface area contributed by atoms with Crippen LogP contribution in [-0.2, 0) is 19.1 Å². The van der Waals surface area contributed by atoms with Crippen molar-refractivity contribution in [2.45, 2.75) is 89.6 Å². The van der Waals surface area contributed by atoms with Crippen molar-refractivity contribution in [1.82, 2.24) is 0 Å². The van der Waals surface area contributed by atoms with E-state index >= 15 is 0 Å². The van der Waals surface area contributed by atoms with E-state index in [-0.39, 0.29) is 21.8 Å². The molecule has 4 aliphatic carbocycles. The van der Waals surface area contributed by atoms with E-state index in [0.29, 0.717) is 29.5 Å². The van der Waals surface area contributed by atoms with Gasteiger partial charge in [0.15, 0.2) is 0 Å². The van der Waals surface area contributed by atoms with E-state index in [0.717, 1.165) is 56.9 Å². The van der Waals surface area contributed by atoms with Gasteiger partial charge < -0.3 is 0 Å². The van der Waals surface area contributed by atoms with E-state index in [1.807, 2.05) is 19.1 Å². The van der Waals surface area contributed by atoms with Gasteiger partial charge in [-0.3, -0.25) is 8.98 Å². The summed E-state index contributed by atoms with van der Waals surface area (Å²) in [6.45, 7) is 6.64. The molecule has 31 heavy (non-hydrogen) atoms. The fraction of sp³-hybridized carbons (Fsp3) is 0.731. The van der Waals surface area contributed by atoms with Crippen LogP contribution in [0.5, 0.6) is 0 Å². The predicted molar refractivity (Wildman–Crippen MR) is 120 cm³/mol. The van der Waals surface area contributed by atoms with Crippen molar-refractivity contribution in [3.05, 3.63) is 29.8 Å². The monoisotopic (exact) mass is 444 g/mol. The molecule has 0 heterocycles. The first-order chi connectivity index (χ1) is 14.6. The lowest BCUT2D eigenvalue weighted by Crippen LogP contribution is -2.54. The molecular formula is C26H36O4S. The van der Waals surface area contributed by atoms with Crippen molar-refractivity contribution in [1.29, 1.82) is 0 Å². The molecule has 5 rings (SSSR count). The SMILES string of the molecule is Cc1ccc(S(=O)(=O)O[C@H]2CCC3(C)C(CCC4C5CCC(=O)C5(C)CCC43)C2)cc1. The second kappa shape index (κ2) is 7.41. The summed E-state index contributed by atoms with van der Waals surface area (Å²) in [6.07, 6.45) is 8.85. The standard InChI is InChI=1S/C26H36O4S/c1-17-4-7-20(8-5-17)31(28,29)30-19-12-14-25(2)18(16-19)6-9-21-22-10-11-24(27)26(22,3)15-13-23(21)25/h4-5,7-8,18-19,21-23H,6,9-16H2,1-3H3/t18?,19-,21?,22?,23?,25?,26?/m0/s1. The minimum atomic E-state index is -3.72. The molecule has 0 spiro atoms. The van der Waals surface area contributed by atoms with Crippen LogP contribution in [0.25, 0.3) is 0 Å². The molecule has 0 aliphatic heterocycles. The van der Waals surface area contributed by atoms with Gasteiger partial charge in [0.25, 0.3) is 10.1 Å². The number of carbonyl (C=O) groups is 1. The van der Waals surface area contributed by atoms with Gasteiger partial charge in [0.05, 0.1) is 11.0 Å². The van der Waals surface area contributed by atoms with E-state index in [1.54, 1.807) is 12.1 Å². The molecule has 0 N–H and O–H groups in total. The Morgan fingerprint density at radius 2 is 1.68 bits per heavy atom. The van der Waals surface area contributed by atoms with Gasteiger partial charge in [0, 0.05) is 11.8 Å². The van der Waals surface area contributed by atoms with Crippen LogP contribution in [-0.4, -0.2) is 20.3 Å². The molecule has 4 nitrogen and oxygen atoms in total. The number of fused-ring (bicyclic) bond motifs is 5. The van der Waals surface area contributed by atoms with Crippen LogP contribution in [0, 0.1) is 41.4 Å². The zero-order valence-electron chi connectivity index (χ0n) is 19.1. The summed E-state index contributed by atoms with van der Waals surface area (Å²) < 4.78 is 31.4. The van der Waals surface area contributed by atoms with E-state index in [1.165, 1.54) is 6.42 Å². The minimum absolute atomic E-state index is 0.0766. The van der Waals surface area contributed by atoms with Gasteiger partial charge in [0.2, 0.25) is 0 Å². The molecule has 4 saturated carbocycles. The Kier molecular flexibility index (Phi) is 5.17. The lowest BCUT2D eigenvalue weighted by atomic mass is 9.45. The number of hydrogen-bond donors (Lipinski definition) is 0. The highest BCUT2D eigenvalue weighted by Gasteiger charge is 2.60. The van der Waals surface area contributed by atoms with E-state index in [2.05, 4.69) is 13.8 Å². The van der Waals surface area contributed by atoms with Crippen molar-refractivity contribution in [3.8, 4) is 0 Å². The predicted octanol–water partition coefficient (Wildman–Crippen LogP) is 5.68. The topological polar surface area (TPSA) is 60.4 Å². The third-order valence-electron chi connectivity index (χ3n) is 9.90. The van der Waals surface area contributed by atoms with Crippen molar-refractivity contribution < 1.29 is 17.4 Å². The number of ketones is 1. The van der Waals surface area contributed by atoms with Gasteiger partial charge in [-0.2, -0.15) is 8.42 Å². The Balaban J connectivity index is 1.30. The smallest absolute Gasteiger partial charge is 0.297 e. The van der Waals surface area contributed by atoms with E-state index in [4.69, 9.17) is 4.18 Å². The molecule has 7 atom stereocenters. The fourth-order valence-electron chi connectivity index (χ4n) is 8.02. The highest BCUT2D eigenvalue weighted by Crippen LogP contribution is 2.65. The molecule has 6 unspecified atom stereocenters. The van der Waals surface area contributed by atoms with Crippen LogP contribution in [0.4, 0.5) is 0 Å². The first-order valence-electron chi connectivity index (χ1n) is 12.2. The van der Waals surface area contributed by atoms with Crippen LogP contribution >= 0.6 is 0 Å². The number of Topliss-reactive ketones (excluding diaryl/α,β-unsaturated/α-hetero) is 1. The molecule has 0 radical (unpaired) electrons. The number of carbonyl (C=O) groups excluding carboxylic acids is 1. The van der Waals surface area contributed by atoms with Gasteiger partial charge in [-0.05, 0) is 99.5 Å². The maximum atomic E-state index is 12.8. The van der Waals surface area contributed by atoms with Crippen molar-refractivity contribution in [2.24, 2.45) is 34.5 Å². The first kappa shape index (κ1) is 21.6. The van der Waals surface area contributed by atoms with Crippen molar-refractivity contribution >= 4 is 15.9 Å². The molecule has 5 heteroatoms. The third kappa shape index (κ3) is 3.42. The van der Waals surface area contributed by atoms with Gasteiger partial charge in [0.1, 0.15) is 5.78 Å². The minimum Gasteiger partial charge on any atom is -0.299 e.